The molecule has 19 heavy (non-hydrogen) atoms. The van der Waals surface area contributed by atoms with Crippen LogP contribution in [0, 0.1) is 5.92 Å². The highest BCUT2D eigenvalue weighted by Crippen LogP contribution is 2.35. The van der Waals surface area contributed by atoms with Crippen molar-refractivity contribution in [1.29, 1.82) is 0 Å². The molecular weight excluding hydrogens is 242 g/mol. The van der Waals surface area contributed by atoms with Crippen LogP contribution >= 0.6 is 0 Å². The lowest BCUT2D eigenvalue weighted by atomic mass is 10.2. The third-order valence-corrected chi connectivity index (χ3v) is 2.91. The first-order valence-corrected chi connectivity index (χ1v) is 6.99. The van der Waals surface area contributed by atoms with Crippen LogP contribution in [0.25, 0.3) is 0 Å². The molecule has 1 aliphatic rings. The van der Waals surface area contributed by atoms with Crippen LogP contribution in [0.1, 0.15) is 26.7 Å². The van der Waals surface area contributed by atoms with Gasteiger partial charge in [0.15, 0.2) is 11.5 Å². The molecule has 0 amide bonds. The van der Waals surface area contributed by atoms with Gasteiger partial charge in [0.05, 0.1) is 6.61 Å². The van der Waals surface area contributed by atoms with E-state index in [1.807, 2.05) is 18.2 Å². The third kappa shape index (κ3) is 4.63. The summed E-state index contributed by atoms with van der Waals surface area (Å²) in [4.78, 5) is 0. The van der Waals surface area contributed by atoms with Gasteiger partial charge < -0.3 is 19.5 Å². The number of unbranched alkanes of at least 4 members (excludes halogenated alkanes) is 1. The Labute approximate surface area is 115 Å². The minimum absolute atomic E-state index is 0.306. The van der Waals surface area contributed by atoms with Crippen molar-refractivity contribution in [3.63, 3.8) is 0 Å². The smallest absolute Gasteiger partial charge is 0.231 e. The Morgan fingerprint density at radius 2 is 2.05 bits per heavy atom. The molecule has 0 atom stereocenters. The lowest BCUT2D eigenvalue weighted by Gasteiger charge is -2.08. The Morgan fingerprint density at radius 1 is 1.21 bits per heavy atom. The largest absolute Gasteiger partial charge is 0.493 e. The average molecular weight is 265 g/mol. The summed E-state index contributed by atoms with van der Waals surface area (Å²) in [6.45, 7) is 7.63. The second-order valence-electron chi connectivity index (χ2n) is 5.17. The predicted octanol–water partition coefficient (Wildman–Crippen LogP) is 2.82. The molecule has 1 aliphatic heterocycles. The van der Waals surface area contributed by atoms with E-state index in [9.17, 15) is 0 Å². The summed E-state index contributed by atoms with van der Waals surface area (Å²) in [5, 5.41) is 3.43. The van der Waals surface area contributed by atoms with Crippen molar-refractivity contribution in [2.45, 2.75) is 26.7 Å². The van der Waals surface area contributed by atoms with Crippen molar-refractivity contribution in [2.75, 3.05) is 26.5 Å². The zero-order valence-corrected chi connectivity index (χ0v) is 11.8. The van der Waals surface area contributed by atoms with Crippen molar-refractivity contribution in [3.05, 3.63) is 18.2 Å². The molecule has 0 aromatic heterocycles. The Morgan fingerprint density at radius 3 is 2.89 bits per heavy atom. The van der Waals surface area contributed by atoms with Crippen molar-refractivity contribution in [2.24, 2.45) is 5.92 Å². The van der Waals surface area contributed by atoms with E-state index in [1.54, 1.807) is 0 Å². The van der Waals surface area contributed by atoms with Gasteiger partial charge in [-0.1, -0.05) is 13.8 Å². The van der Waals surface area contributed by atoms with Gasteiger partial charge in [-0.25, -0.2) is 0 Å². The van der Waals surface area contributed by atoms with Gasteiger partial charge in [-0.2, -0.15) is 0 Å². The summed E-state index contributed by atoms with van der Waals surface area (Å²) >= 11 is 0. The van der Waals surface area contributed by atoms with E-state index in [2.05, 4.69) is 19.2 Å². The first-order valence-electron chi connectivity index (χ1n) is 6.99. The lowest BCUT2D eigenvalue weighted by Crippen LogP contribution is -2.21. The third-order valence-electron chi connectivity index (χ3n) is 2.91. The predicted molar refractivity (Wildman–Crippen MR) is 75.0 cm³/mol. The number of hydrogen-bond donors (Lipinski definition) is 1. The van der Waals surface area contributed by atoms with Crippen LogP contribution in [-0.4, -0.2) is 26.5 Å². The molecule has 2 rings (SSSR count). The molecule has 0 saturated carbocycles. The fourth-order valence-corrected chi connectivity index (χ4v) is 1.90. The first-order chi connectivity index (χ1) is 9.25. The normalized spacial score (nSPS) is 13.0. The number of hydrogen-bond acceptors (Lipinski definition) is 4. The molecule has 1 heterocycles. The molecule has 0 spiro atoms. The molecule has 0 fully saturated rings. The van der Waals surface area contributed by atoms with Crippen molar-refractivity contribution >= 4 is 0 Å². The summed E-state index contributed by atoms with van der Waals surface area (Å²) in [7, 11) is 0. The topological polar surface area (TPSA) is 39.7 Å². The Balaban J connectivity index is 1.58. The summed E-state index contributed by atoms with van der Waals surface area (Å²) in [6.07, 6.45) is 2.19. The van der Waals surface area contributed by atoms with E-state index in [0.717, 1.165) is 49.8 Å². The highest BCUT2D eigenvalue weighted by molar-refractivity contribution is 5.46. The van der Waals surface area contributed by atoms with Gasteiger partial charge in [0.1, 0.15) is 5.75 Å². The molecule has 1 N–H and O–H groups in total. The Bertz CT molecular complexity index is 393. The monoisotopic (exact) mass is 265 g/mol. The van der Waals surface area contributed by atoms with Gasteiger partial charge in [-0.3, -0.25) is 0 Å². The Kier molecular flexibility index (Phi) is 5.33. The maximum Gasteiger partial charge on any atom is 0.231 e. The summed E-state index contributed by atoms with van der Waals surface area (Å²) in [5.74, 6) is 3.13. The van der Waals surface area contributed by atoms with E-state index >= 15 is 0 Å². The van der Waals surface area contributed by atoms with Crippen molar-refractivity contribution in [3.8, 4) is 17.2 Å². The zero-order valence-electron chi connectivity index (χ0n) is 11.8. The molecule has 0 aliphatic carbocycles. The average Bonchev–Trinajstić information content (AvgIpc) is 2.84. The van der Waals surface area contributed by atoms with Crippen LogP contribution in [0.3, 0.4) is 0 Å². The molecule has 0 radical (unpaired) electrons. The van der Waals surface area contributed by atoms with Gasteiger partial charge in [0.2, 0.25) is 6.79 Å². The first kappa shape index (κ1) is 14.0. The van der Waals surface area contributed by atoms with Gasteiger partial charge in [-0.15, -0.1) is 0 Å². The summed E-state index contributed by atoms with van der Waals surface area (Å²) in [5.41, 5.74) is 0. The van der Waals surface area contributed by atoms with Gasteiger partial charge in [0.25, 0.3) is 0 Å². The molecule has 4 nitrogen and oxygen atoms in total. The maximum atomic E-state index is 5.70. The standard InChI is InChI=1S/C15H23NO3/c1-12(2)10-16-7-3-4-8-17-13-5-6-14-15(9-13)19-11-18-14/h5-6,9,12,16H,3-4,7-8,10-11H2,1-2H3. The van der Waals surface area contributed by atoms with E-state index in [-0.39, 0.29) is 0 Å². The molecule has 106 valence electrons. The number of benzene rings is 1. The van der Waals surface area contributed by atoms with Gasteiger partial charge >= 0.3 is 0 Å². The quantitative estimate of drug-likeness (QED) is 0.734. The minimum Gasteiger partial charge on any atom is -0.493 e. The van der Waals surface area contributed by atoms with E-state index in [4.69, 9.17) is 14.2 Å². The van der Waals surface area contributed by atoms with E-state index in [1.165, 1.54) is 0 Å². The zero-order chi connectivity index (χ0) is 13.5. The highest BCUT2D eigenvalue weighted by Gasteiger charge is 2.13. The van der Waals surface area contributed by atoms with E-state index in [0.29, 0.717) is 12.7 Å². The van der Waals surface area contributed by atoms with E-state index < -0.39 is 0 Å². The lowest BCUT2D eigenvalue weighted by molar-refractivity contribution is 0.173. The Hall–Kier alpha value is -1.42. The summed E-state index contributed by atoms with van der Waals surface area (Å²) < 4.78 is 16.3. The number of fused-ring (bicyclic) bond motifs is 1. The fraction of sp³-hybridized carbons (Fsp3) is 0.600. The molecular formula is C15H23NO3. The fourth-order valence-electron chi connectivity index (χ4n) is 1.90. The maximum absolute atomic E-state index is 5.70. The molecule has 4 heteroatoms. The molecule has 0 unspecified atom stereocenters. The second-order valence-corrected chi connectivity index (χ2v) is 5.17. The van der Waals surface area contributed by atoms with Crippen LogP contribution in [-0.2, 0) is 0 Å². The minimum atomic E-state index is 0.306. The number of nitrogens with one attached hydrogen (secondary N) is 1. The second kappa shape index (κ2) is 7.24. The van der Waals surface area contributed by atoms with Crippen LogP contribution in [0.2, 0.25) is 0 Å². The molecule has 0 bridgehead atoms. The number of ether oxygens (including phenoxy) is 3. The van der Waals surface area contributed by atoms with Gasteiger partial charge in [0, 0.05) is 6.07 Å². The number of rotatable bonds is 8. The van der Waals surface area contributed by atoms with Crippen molar-refractivity contribution < 1.29 is 14.2 Å². The molecule has 0 saturated heterocycles. The van der Waals surface area contributed by atoms with Gasteiger partial charge in [-0.05, 0) is 44.0 Å². The van der Waals surface area contributed by atoms with Crippen LogP contribution in [0.5, 0.6) is 17.2 Å². The highest BCUT2D eigenvalue weighted by atomic mass is 16.7. The summed E-state index contributed by atoms with van der Waals surface area (Å²) in [6, 6.07) is 5.70. The van der Waals surface area contributed by atoms with Crippen LogP contribution in [0.4, 0.5) is 0 Å². The van der Waals surface area contributed by atoms with Crippen LogP contribution < -0.4 is 19.5 Å². The SMILES string of the molecule is CC(C)CNCCCCOc1ccc2c(c1)OCO2. The van der Waals surface area contributed by atoms with Crippen LogP contribution in [0.15, 0.2) is 18.2 Å². The molecule has 1 aromatic rings. The molecule has 1 aromatic carbocycles. The van der Waals surface area contributed by atoms with Crippen molar-refractivity contribution in [1.82, 2.24) is 5.32 Å².